The van der Waals surface area contributed by atoms with Gasteiger partial charge in [-0.15, -0.1) is 0 Å². The highest BCUT2D eigenvalue weighted by Gasteiger charge is 2.24. The van der Waals surface area contributed by atoms with Crippen molar-refractivity contribution < 1.29 is 0 Å². The number of unbranched alkanes of at least 4 members (excludes halogenated alkanes) is 17. The molecule has 0 aromatic heterocycles. The summed E-state index contributed by atoms with van der Waals surface area (Å²) in [6.45, 7) is 9.44. The zero-order valence-electron chi connectivity index (χ0n) is 21.9. The summed E-state index contributed by atoms with van der Waals surface area (Å²) in [7, 11) is 0. The van der Waals surface area contributed by atoms with Crippen molar-refractivity contribution >= 4 is 0 Å². The predicted molar refractivity (Wildman–Crippen MR) is 140 cm³/mol. The molecule has 0 spiro atoms. The van der Waals surface area contributed by atoms with Crippen LogP contribution >= 0.6 is 0 Å². The van der Waals surface area contributed by atoms with Gasteiger partial charge in [0.05, 0.1) is 0 Å². The molecule has 0 aromatic rings. The summed E-state index contributed by atoms with van der Waals surface area (Å²) in [5.74, 6) is 0. The maximum atomic E-state index is 2.67. The van der Waals surface area contributed by atoms with Gasteiger partial charge < -0.3 is 9.80 Å². The Morgan fingerprint density at radius 3 is 1.19 bits per heavy atom. The lowest BCUT2D eigenvalue weighted by Gasteiger charge is -2.33. The molecule has 31 heavy (non-hydrogen) atoms. The fraction of sp³-hybridized carbons (Fsp3) is 0.931. The van der Waals surface area contributed by atoms with Crippen molar-refractivity contribution in [2.75, 3.05) is 13.1 Å². The van der Waals surface area contributed by atoms with E-state index in [4.69, 9.17) is 0 Å². The molecule has 1 aliphatic heterocycles. The third-order valence-electron chi connectivity index (χ3n) is 7.07. The Morgan fingerprint density at radius 1 is 0.419 bits per heavy atom. The number of hydrogen-bond acceptors (Lipinski definition) is 2. The third-order valence-corrected chi connectivity index (χ3v) is 7.07. The molecule has 1 unspecified atom stereocenters. The van der Waals surface area contributed by atoms with Gasteiger partial charge in [0.15, 0.2) is 0 Å². The highest BCUT2D eigenvalue weighted by atomic mass is 15.4. The van der Waals surface area contributed by atoms with E-state index in [0.29, 0.717) is 6.17 Å². The van der Waals surface area contributed by atoms with Crippen molar-refractivity contribution in [3.8, 4) is 0 Å². The zero-order valence-corrected chi connectivity index (χ0v) is 21.9. The first-order chi connectivity index (χ1) is 15.3. The van der Waals surface area contributed by atoms with Crippen molar-refractivity contribution in [1.82, 2.24) is 9.80 Å². The van der Waals surface area contributed by atoms with Crippen molar-refractivity contribution in [2.45, 2.75) is 162 Å². The Labute approximate surface area is 197 Å². The van der Waals surface area contributed by atoms with Crippen LogP contribution in [0.4, 0.5) is 0 Å². The second-order valence-electron chi connectivity index (χ2n) is 10.1. The van der Waals surface area contributed by atoms with Gasteiger partial charge in [-0.1, -0.05) is 130 Å². The number of hydrogen-bond donors (Lipinski definition) is 0. The summed E-state index contributed by atoms with van der Waals surface area (Å²) in [4.78, 5) is 5.33. The van der Waals surface area contributed by atoms with Crippen LogP contribution in [0.15, 0.2) is 12.4 Å². The average molecular weight is 435 g/mol. The molecule has 0 fully saturated rings. The van der Waals surface area contributed by atoms with Gasteiger partial charge in [0.25, 0.3) is 0 Å². The molecule has 0 aromatic carbocycles. The van der Waals surface area contributed by atoms with Crippen LogP contribution in [-0.4, -0.2) is 29.1 Å². The summed E-state index contributed by atoms with van der Waals surface area (Å²) < 4.78 is 0. The van der Waals surface area contributed by atoms with Crippen LogP contribution in [0.1, 0.15) is 156 Å². The highest BCUT2D eigenvalue weighted by Crippen LogP contribution is 2.23. The monoisotopic (exact) mass is 434 g/mol. The Balaban J connectivity index is 2.22. The van der Waals surface area contributed by atoms with E-state index in [1.807, 2.05) is 0 Å². The van der Waals surface area contributed by atoms with Crippen molar-refractivity contribution in [1.29, 1.82) is 0 Å². The Hall–Kier alpha value is -0.660. The molecule has 0 radical (unpaired) electrons. The first-order valence-electron chi connectivity index (χ1n) is 14.5. The second kappa shape index (κ2) is 21.2. The lowest BCUT2D eigenvalue weighted by Crippen LogP contribution is -2.39. The quantitative estimate of drug-likeness (QED) is 0.148. The molecule has 1 heterocycles. The van der Waals surface area contributed by atoms with Gasteiger partial charge in [-0.05, 0) is 25.7 Å². The molecule has 0 aliphatic carbocycles. The minimum atomic E-state index is 0.644. The molecule has 0 saturated heterocycles. The van der Waals surface area contributed by atoms with Crippen molar-refractivity contribution in [3.05, 3.63) is 12.4 Å². The molecule has 2 nitrogen and oxygen atoms in total. The molecule has 0 bridgehead atoms. The summed E-state index contributed by atoms with van der Waals surface area (Å²) in [6, 6.07) is 0. The first-order valence-corrected chi connectivity index (χ1v) is 14.5. The molecular weight excluding hydrogens is 376 g/mol. The van der Waals surface area contributed by atoms with Gasteiger partial charge in [0, 0.05) is 25.5 Å². The molecule has 0 amide bonds. The van der Waals surface area contributed by atoms with Crippen LogP contribution in [0.3, 0.4) is 0 Å². The molecule has 1 rings (SSSR count). The van der Waals surface area contributed by atoms with E-state index in [2.05, 4.69) is 43.0 Å². The molecule has 1 atom stereocenters. The van der Waals surface area contributed by atoms with Gasteiger partial charge in [0.2, 0.25) is 0 Å². The molecular formula is C29H58N2. The van der Waals surface area contributed by atoms with Crippen molar-refractivity contribution in [2.24, 2.45) is 0 Å². The highest BCUT2D eigenvalue weighted by molar-refractivity contribution is 4.96. The minimum Gasteiger partial charge on any atom is -0.356 e. The summed E-state index contributed by atoms with van der Waals surface area (Å²) in [5.41, 5.74) is 0. The maximum Gasteiger partial charge on any atom is 0.101 e. The molecule has 184 valence electrons. The lowest BCUT2D eigenvalue weighted by molar-refractivity contribution is 0.135. The second-order valence-corrected chi connectivity index (χ2v) is 10.1. The molecule has 1 aliphatic rings. The minimum absolute atomic E-state index is 0.644. The Bertz CT molecular complexity index is 392. The number of rotatable bonds is 23. The van der Waals surface area contributed by atoms with Crippen LogP contribution in [0.25, 0.3) is 0 Å². The van der Waals surface area contributed by atoms with E-state index < -0.39 is 0 Å². The normalized spacial score (nSPS) is 16.0. The number of nitrogens with zero attached hydrogens (tertiary/aromatic N) is 2. The topological polar surface area (TPSA) is 6.48 Å². The fourth-order valence-corrected chi connectivity index (χ4v) is 4.95. The summed E-state index contributed by atoms with van der Waals surface area (Å²) in [6.07, 6.45) is 35.1. The van der Waals surface area contributed by atoms with E-state index >= 15 is 0 Å². The van der Waals surface area contributed by atoms with Crippen LogP contribution < -0.4 is 0 Å². The molecule has 0 N–H and O–H groups in total. The SMILES string of the molecule is CCCCCCCCCCCC1N(CCCCC)C=CN1CCCCCCCCCC. The molecule has 2 heteroatoms. The van der Waals surface area contributed by atoms with Gasteiger partial charge in [-0.25, -0.2) is 0 Å². The van der Waals surface area contributed by atoms with Crippen LogP contribution in [0, 0.1) is 0 Å². The average Bonchev–Trinajstić information content (AvgIpc) is 3.16. The third kappa shape index (κ3) is 14.9. The van der Waals surface area contributed by atoms with Crippen LogP contribution in [0.5, 0.6) is 0 Å². The van der Waals surface area contributed by atoms with Gasteiger partial charge >= 0.3 is 0 Å². The lowest BCUT2D eigenvalue weighted by atomic mass is 10.1. The Morgan fingerprint density at radius 2 is 0.742 bits per heavy atom. The standard InChI is InChI=1S/C29H58N2/c1-4-7-10-12-14-16-17-19-21-24-29-30(25-22-9-6-3)27-28-31(29)26-23-20-18-15-13-11-8-5-2/h27-29H,4-26H2,1-3H3. The van der Waals surface area contributed by atoms with E-state index in [1.54, 1.807) is 0 Å². The predicted octanol–water partition coefficient (Wildman–Crippen LogP) is 9.65. The van der Waals surface area contributed by atoms with Gasteiger partial charge in [-0.2, -0.15) is 0 Å². The van der Waals surface area contributed by atoms with Gasteiger partial charge in [-0.3, -0.25) is 0 Å². The van der Waals surface area contributed by atoms with Crippen LogP contribution in [-0.2, 0) is 0 Å². The molecule has 0 saturated carbocycles. The van der Waals surface area contributed by atoms with E-state index in [9.17, 15) is 0 Å². The summed E-state index contributed by atoms with van der Waals surface area (Å²) >= 11 is 0. The Kier molecular flexibility index (Phi) is 19.4. The van der Waals surface area contributed by atoms with E-state index in [-0.39, 0.29) is 0 Å². The first kappa shape index (κ1) is 28.4. The zero-order chi connectivity index (χ0) is 22.4. The van der Waals surface area contributed by atoms with E-state index in [0.717, 1.165) is 0 Å². The largest absolute Gasteiger partial charge is 0.356 e. The van der Waals surface area contributed by atoms with E-state index in [1.165, 1.54) is 148 Å². The smallest absolute Gasteiger partial charge is 0.101 e. The fourth-order valence-electron chi connectivity index (χ4n) is 4.95. The van der Waals surface area contributed by atoms with Crippen LogP contribution in [0.2, 0.25) is 0 Å². The summed E-state index contributed by atoms with van der Waals surface area (Å²) in [5, 5.41) is 0. The maximum absolute atomic E-state index is 2.67. The van der Waals surface area contributed by atoms with Gasteiger partial charge in [0.1, 0.15) is 6.17 Å². The van der Waals surface area contributed by atoms with Crippen molar-refractivity contribution in [3.63, 3.8) is 0 Å².